The molecule has 4 N–H and O–H groups in total. The number of hydrogen-bond donors (Lipinski definition) is 4. The largest absolute Gasteiger partial charge is 0.458 e. The molecule has 1 aliphatic rings. The van der Waals surface area contributed by atoms with Gasteiger partial charge in [-0.3, -0.25) is 23.7 Å². The van der Waals surface area contributed by atoms with E-state index in [0.29, 0.717) is 0 Å². The van der Waals surface area contributed by atoms with Gasteiger partial charge >= 0.3 is 16.3 Å². The second-order valence-electron chi connectivity index (χ2n) is 7.91. The van der Waals surface area contributed by atoms with Gasteiger partial charge in [-0.15, -0.1) is 45.9 Å². The molecule has 0 spiro atoms. The van der Waals surface area contributed by atoms with Crippen LogP contribution in [0, 0.1) is 0 Å². The second kappa shape index (κ2) is 15.2. The summed E-state index contributed by atoms with van der Waals surface area (Å²) in [5, 5.41) is 16.9. The number of nitrogens with zero attached hydrogens (tertiary/aromatic N) is 5. The minimum absolute atomic E-state index is 0.00320. The van der Waals surface area contributed by atoms with Gasteiger partial charge in [0.15, 0.2) is 16.0 Å². The fourth-order valence-corrected chi connectivity index (χ4v) is 5.75. The van der Waals surface area contributed by atoms with E-state index in [0.717, 1.165) is 36.9 Å². The molecule has 0 aromatic carbocycles. The molecular weight excluding hydrogens is 695 g/mol. The van der Waals surface area contributed by atoms with E-state index in [1.807, 2.05) is 0 Å². The Kier molecular flexibility index (Phi) is 11.9. The molecular formula is C20H20Cl2N8O11S3. The van der Waals surface area contributed by atoms with E-state index in [2.05, 4.69) is 45.9 Å². The average molecular weight is 716 g/mol. The number of esters is 1. The first kappa shape index (κ1) is 34.5. The number of alkyl halides is 2. The summed E-state index contributed by atoms with van der Waals surface area (Å²) in [6, 6.07) is -3.27. The van der Waals surface area contributed by atoms with E-state index in [1.54, 1.807) is 0 Å². The van der Waals surface area contributed by atoms with Crippen LogP contribution in [0.25, 0.3) is 0 Å². The van der Waals surface area contributed by atoms with Crippen LogP contribution in [0.15, 0.2) is 21.1 Å². The van der Waals surface area contributed by atoms with Gasteiger partial charge in [-0.1, -0.05) is 10.3 Å². The maximum Gasteiger partial charge on any atom is 0.362 e. The van der Waals surface area contributed by atoms with E-state index >= 15 is 0 Å². The Morgan fingerprint density at radius 1 is 0.977 bits per heavy atom. The number of β-lactam (4-membered cyclic amide) rings is 1. The number of aromatic nitrogens is 2. The first-order valence-corrected chi connectivity index (χ1v) is 15.7. The van der Waals surface area contributed by atoms with Crippen LogP contribution in [0.5, 0.6) is 0 Å². The molecule has 0 radical (unpaired) electrons. The lowest BCUT2D eigenvalue weighted by Crippen LogP contribution is -2.73. The number of ether oxygens (including phenoxy) is 1. The Labute approximate surface area is 265 Å². The third-order valence-electron chi connectivity index (χ3n) is 5.09. The zero-order valence-corrected chi connectivity index (χ0v) is 26.1. The molecule has 1 fully saturated rings. The van der Waals surface area contributed by atoms with Crippen LogP contribution in [0.4, 0.5) is 10.3 Å². The van der Waals surface area contributed by atoms with Gasteiger partial charge in [-0.05, 0) is 0 Å². The number of carbonyl (C=O) groups is 5. The summed E-state index contributed by atoms with van der Waals surface area (Å²) < 4.78 is 38.4. The van der Waals surface area contributed by atoms with Gasteiger partial charge in [0.05, 0.1) is 0 Å². The van der Waals surface area contributed by atoms with Gasteiger partial charge in [0, 0.05) is 10.8 Å². The molecule has 238 valence electrons. The van der Waals surface area contributed by atoms with Crippen molar-refractivity contribution in [2.45, 2.75) is 12.1 Å². The number of rotatable bonds is 14. The number of carbonyl (C=O) groups excluding carboxylic acids is 5. The Balaban J connectivity index is 1.78. The van der Waals surface area contributed by atoms with Crippen molar-refractivity contribution in [2.24, 2.45) is 10.3 Å². The fraction of sp³-hybridized carbons (Fsp3) is 0.350. The first-order valence-electron chi connectivity index (χ1n) is 11.5. The third kappa shape index (κ3) is 8.35. The zero-order chi connectivity index (χ0) is 32.6. The third-order valence-corrected chi connectivity index (χ3v) is 8.04. The van der Waals surface area contributed by atoms with Gasteiger partial charge in [0.25, 0.3) is 11.8 Å². The number of oxime groups is 2. The lowest BCUT2D eigenvalue weighted by atomic mass is 9.99. The van der Waals surface area contributed by atoms with Crippen molar-refractivity contribution in [2.75, 3.05) is 43.2 Å². The van der Waals surface area contributed by atoms with E-state index in [1.165, 1.54) is 10.8 Å². The predicted octanol–water partition coefficient (Wildman–Crippen LogP) is -0.603. The van der Waals surface area contributed by atoms with Crippen LogP contribution in [0.2, 0.25) is 0 Å². The highest BCUT2D eigenvalue weighted by atomic mass is 35.5. The molecule has 0 saturated carbocycles. The molecule has 0 bridgehead atoms. The number of anilines is 2. The minimum Gasteiger partial charge on any atom is -0.458 e. The topological polar surface area (TPSA) is 257 Å². The van der Waals surface area contributed by atoms with Crippen LogP contribution in [0.3, 0.4) is 0 Å². The Morgan fingerprint density at radius 3 is 1.95 bits per heavy atom. The molecule has 3 rings (SSSR count). The van der Waals surface area contributed by atoms with E-state index in [9.17, 15) is 36.9 Å². The maximum absolute atomic E-state index is 13.1. The lowest BCUT2D eigenvalue weighted by molar-refractivity contribution is -0.152. The molecule has 44 heavy (non-hydrogen) atoms. The monoisotopic (exact) mass is 714 g/mol. The van der Waals surface area contributed by atoms with Crippen LogP contribution >= 0.6 is 45.9 Å². The molecule has 2 aromatic heterocycles. The molecule has 1 saturated heterocycles. The number of halogens is 2. The quantitative estimate of drug-likeness (QED) is 0.0476. The van der Waals surface area contributed by atoms with Crippen molar-refractivity contribution in [3.05, 3.63) is 22.1 Å². The Bertz CT molecular complexity index is 1610. The van der Waals surface area contributed by atoms with Gasteiger partial charge in [0.2, 0.25) is 17.5 Å². The van der Waals surface area contributed by atoms with Crippen LogP contribution in [-0.2, 0) is 48.7 Å². The number of nitrogens with one attached hydrogen (secondary N) is 3. The van der Waals surface area contributed by atoms with Crippen molar-refractivity contribution in [3.63, 3.8) is 0 Å². The maximum atomic E-state index is 13.1. The van der Waals surface area contributed by atoms with Gasteiger partial charge < -0.3 is 30.4 Å². The summed E-state index contributed by atoms with van der Waals surface area (Å²) >= 11 is 12.7. The number of thiazole rings is 2. The normalized spacial score (nSPS) is 16.9. The molecule has 4 amide bonds. The van der Waals surface area contributed by atoms with Crippen molar-refractivity contribution in [1.82, 2.24) is 19.6 Å². The molecule has 2 aromatic rings. The highest BCUT2D eigenvalue weighted by Crippen LogP contribution is 2.25. The van der Waals surface area contributed by atoms with Crippen LogP contribution in [0.1, 0.15) is 11.4 Å². The summed E-state index contributed by atoms with van der Waals surface area (Å²) in [7, 11) is -2.93. The summed E-state index contributed by atoms with van der Waals surface area (Å²) in [4.78, 5) is 78.9. The average Bonchev–Trinajstić information content (AvgIpc) is 3.63. The van der Waals surface area contributed by atoms with Crippen molar-refractivity contribution >= 4 is 107 Å². The van der Waals surface area contributed by atoms with Crippen molar-refractivity contribution < 1.29 is 51.4 Å². The fourth-order valence-electron chi connectivity index (χ4n) is 3.32. The highest BCUT2D eigenvalue weighted by molar-refractivity contribution is 7.84. The molecule has 3 heterocycles. The van der Waals surface area contributed by atoms with Crippen LogP contribution in [-0.4, -0.2) is 113 Å². The van der Waals surface area contributed by atoms with Crippen molar-refractivity contribution in [3.8, 4) is 0 Å². The molecule has 19 nitrogen and oxygen atoms in total. The SMILES string of the molecule is CON=C(C(=O)N[C@@H]1C(=O)N(S(=O)(=O)O)[C@@H]1COC(=O)C(=NOC)c1csc(NC(=O)CCl)n1)c1csc(NC(=O)CCl)n1. The molecule has 0 aliphatic carbocycles. The summed E-state index contributed by atoms with van der Waals surface area (Å²) in [5.74, 6) is -5.40. The summed E-state index contributed by atoms with van der Waals surface area (Å²) in [6.07, 6.45) is 0. The molecule has 24 heteroatoms. The predicted molar refractivity (Wildman–Crippen MR) is 155 cm³/mol. The van der Waals surface area contributed by atoms with E-state index in [4.69, 9.17) is 27.9 Å². The lowest BCUT2D eigenvalue weighted by Gasteiger charge is -2.43. The second-order valence-corrected chi connectivity index (χ2v) is 11.5. The van der Waals surface area contributed by atoms with Crippen LogP contribution < -0.4 is 16.0 Å². The van der Waals surface area contributed by atoms with E-state index in [-0.39, 0.29) is 37.7 Å². The van der Waals surface area contributed by atoms with Gasteiger partial charge in [0.1, 0.15) is 56.1 Å². The molecule has 2 atom stereocenters. The van der Waals surface area contributed by atoms with Gasteiger partial charge in [-0.2, -0.15) is 8.42 Å². The Hall–Kier alpha value is -3.96. The van der Waals surface area contributed by atoms with E-state index < -0.39 is 70.0 Å². The smallest absolute Gasteiger partial charge is 0.362 e. The zero-order valence-electron chi connectivity index (χ0n) is 22.2. The minimum atomic E-state index is -5.16. The molecule has 0 unspecified atom stereocenters. The standard InChI is InChI=1S/C20H20Cl2N8O11S3/c1-39-28-13(8-6-42-19(23-8)25-11(31)3-21)16(33)27-15-10(30(17(15)34)44(36,37)38)5-41-18(35)14(29-40-2)9-7-43-20(24-9)26-12(32)4-22/h6-7,10,15H,3-5H2,1-2H3,(H,27,33)(H,23,25,31)(H,24,26,32)(H,36,37,38)/t10-,15+/m1/s1. The molecule has 1 aliphatic heterocycles. The van der Waals surface area contributed by atoms with Gasteiger partial charge in [-0.25, -0.2) is 19.1 Å². The summed E-state index contributed by atoms with van der Waals surface area (Å²) in [6.45, 7) is -0.875. The Morgan fingerprint density at radius 2 is 1.48 bits per heavy atom. The highest BCUT2D eigenvalue weighted by Gasteiger charge is 2.55. The summed E-state index contributed by atoms with van der Waals surface area (Å²) in [5.41, 5.74) is -1.17. The number of amides is 4. The van der Waals surface area contributed by atoms with Crippen molar-refractivity contribution in [1.29, 1.82) is 0 Å². The number of hydrogen-bond acceptors (Lipinski definition) is 16. The first-order chi connectivity index (χ1) is 20.8.